The Labute approximate surface area is 122 Å². The summed E-state index contributed by atoms with van der Waals surface area (Å²) >= 11 is 11.1. The van der Waals surface area contributed by atoms with Gasteiger partial charge >= 0.3 is 0 Å². The Bertz CT molecular complexity index is 575. The van der Waals surface area contributed by atoms with E-state index in [2.05, 4.69) is 15.7 Å². The number of rotatable bonds is 3. The van der Waals surface area contributed by atoms with Crippen molar-refractivity contribution in [2.75, 3.05) is 5.32 Å². The first-order valence-electron chi connectivity index (χ1n) is 5.84. The molecule has 0 bridgehead atoms. The van der Waals surface area contributed by atoms with Gasteiger partial charge in [0, 0.05) is 23.5 Å². The van der Waals surface area contributed by atoms with Gasteiger partial charge in [-0.2, -0.15) is 5.10 Å². The smallest absolute Gasteiger partial charge is 0.171 e. The van der Waals surface area contributed by atoms with Crippen LogP contribution in [0.25, 0.3) is 0 Å². The number of nitrogens with one attached hydrogen (secondary N) is 2. The zero-order valence-corrected chi connectivity index (χ0v) is 12.3. The lowest BCUT2D eigenvalue weighted by molar-refractivity contribution is 0.712. The van der Waals surface area contributed by atoms with Crippen LogP contribution in [0.1, 0.15) is 11.4 Å². The lowest BCUT2D eigenvalue weighted by atomic mass is 10.3. The number of halogens is 1. The van der Waals surface area contributed by atoms with Gasteiger partial charge in [0.05, 0.1) is 12.2 Å². The highest BCUT2D eigenvalue weighted by atomic mass is 35.5. The Morgan fingerprint density at radius 3 is 2.84 bits per heavy atom. The van der Waals surface area contributed by atoms with Gasteiger partial charge in [-0.15, -0.1) is 0 Å². The van der Waals surface area contributed by atoms with E-state index in [1.807, 2.05) is 49.0 Å². The zero-order valence-electron chi connectivity index (χ0n) is 10.8. The van der Waals surface area contributed by atoms with Crippen molar-refractivity contribution in [1.29, 1.82) is 0 Å². The molecule has 0 saturated carbocycles. The van der Waals surface area contributed by atoms with Crippen molar-refractivity contribution < 1.29 is 0 Å². The third kappa shape index (κ3) is 3.94. The van der Waals surface area contributed by atoms with Gasteiger partial charge in [-0.3, -0.25) is 4.68 Å². The van der Waals surface area contributed by atoms with Crippen LogP contribution in [0.2, 0.25) is 5.02 Å². The van der Waals surface area contributed by atoms with E-state index in [0.717, 1.165) is 17.1 Å². The van der Waals surface area contributed by atoms with Crippen LogP contribution in [0.3, 0.4) is 0 Å². The number of nitrogens with zero attached hydrogens (tertiary/aromatic N) is 2. The molecule has 0 aliphatic rings. The summed E-state index contributed by atoms with van der Waals surface area (Å²) in [5.41, 5.74) is 2.93. The second kappa shape index (κ2) is 6.04. The van der Waals surface area contributed by atoms with Crippen molar-refractivity contribution in [2.24, 2.45) is 7.05 Å². The van der Waals surface area contributed by atoms with Crippen molar-refractivity contribution in [1.82, 2.24) is 15.1 Å². The summed E-state index contributed by atoms with van der Waals surface area (Å²) in [5.74, 6) is 0. The fourth-order valence-electron chi connectivity index (χ4n) is 1.63. The van der Waals surface area contributed by atoms with Gasteiger partial charge in [-0.1, -0.05) is 17.7 Å². The molecule has 100 valence electrons. The summed E-state index contributed by atoms with van der Waals surface area (Å²) in [6, 6.07) is 9.44. The first-order chi connectivity index (χ1) is 9.04. The van der Waals surface area contributed by atoms with Gasteiger partial charge in [-0.05, 0) is 43.4 Å². The van der Waals surface area contributed by atoms with Gasteiger partial charge in [0.15, 0.2) is 5.11 Å². The number of hydrogen-bond donors (Lipinski definition) is 2. The van der Waals surface area contributed by atoms with E-state index in [-0.39, 0.29) is 0 Å². The minimum atomic E-state index is 0.547. The summed E-state index contributed by atoms with van der Waals surface area (Å²) < 4.78 is 1.84. The van der Waals surface area contributed by atoms with E-state index >= 15 is 0 Å². The van der Waals surface area contributed by atoms with E-state index in [4.69, 9.17) is 23.8 Å². The van der Waals surface area contributed by atoms with Crippen LogP contribution in [0.15, 0.2) is 30.3 Å². The maximum absolute atomic E-state index is 5.90. The van der Waals surface area contributed by atoms with E-state index in [0.29, 0.717) is 16.7 Å². The minimum Gasteiger partial charge on any atom is -0.357 e. The van der Waals surface area contributed by atoms with E-state index in [1.165, 1.54) is 0 Å². The van der Waals surface area contributed by atoms with Crippen LogP contribution in [-0.4, -0.2) is 14.9 Å². The second-order valence-corrected chi connectivity index (χ2v) is 5.06. The summed E-state index contributed by atoms with van der Waals surface area (Å²) in [4.78, 5) is 0. The van der Waals surface area contributed by atoms with Crippen molar-refractivity contribution in [3.05, 3.63) is 46.7 Å². The fourth-order valence-corrected chi connectivity index (χ4v) is 2.01. The Morgan fingerprint density at radius 2 is 2.21 bits per heavy atom. The SMILES string of the molecule is Cc1cc(CNC(=S)Nc2cccc(Cl)c2)nn1C. The van der Waals surface area contributed by atoms with Crippen LogP contribution in [-0.2, 0) is 13.6 Å². The lowest BCUT2D eigenvalue weighted by Gasteiger charge is -2.09. The Hall–Kier alpha value is -1.59. The van der Waals surface area contributed by atoms with Gasteiger partial charge < -0.3 is 10.6 Å². The normalized spacial score (nSPS) is 10.3. The summed E-state index contributed by atoms with van der Waals surface area (Å²) in [5, 5.41) is 11.8. The highest BCUT2D eigenvalue weighted by Crippen LogP contribution is 2.14. The average Bonchev–Trinajstić information content (AvgIpc) is 2.66. The maximum atomic E-state index is 5.90. The Morgan fingerprint density at radius 1 is 1.42 bits per heavy atom. The van der Waals surface area contributed by atoms with Crippen molar-refractivity contribution in [3.63, 3.8) is 0 Å². The molecule has 19 heavy (non-hydrogen) atoms. The summed E-state index contributed by atoms with van der Waals surface area (Å²) in [6.07, 6.45) is 0. The summed E-state index contributed by atoms with van der Waals surface area (Å²) in [6.45, 7) is 2.60. The number of hydrogen-bond acceptors (Lipinski definition) is 2. The van der Waals surface area contributed by atoms with Crippen LogP contribution in [0.4, 0.5) is 5.69 Å². The fraction of sp³-hybridized carbons (Fsp3) is 0.231. The zero-order chi connectivity index (χ0) is 13.8. The molecule has 0 aliphatic carbocycles. The number of anilines is 1. The van der Waals surface area contributed by atoms with Crippen LogP contribution >= 0.6 is 23.8 Å². The number of aryl methyl sites for hydroxylation is 2. The first kappa shape index (κ1) is 13.8. The van der Waals surface area contributed by atoms with Crippen molar-refractivity contribution >= 4 is 34.6 Å². The molecule has 0 spiro atoms. The molecular formula is C13H15ClN4S. The van der Waals surface area contributed by atoms with Crippen LogP contribution < -0.4 is 10.6 Å². The first-order valence-corrected chi connectivity index (χ1v) is 6.63. The third-order valence-corrected chi connectivity index (χ3v) is 3.16. The molecule has 0 amide bonds. The molecule has 0 aliphatic heterocycles. The monoisotopic (exact) mass is 294 g/mol. The molecule has 1 heterocycles. The maximum Gasteiger partial charge on any atom is 0.171 e. The molecule has 2 rings (SSSR count). The number of benzene rings is 1. The molecule has 0 atom stereocenters. The third-order valence-electron chi connectivity index (χ3n) is 2.68. The predicted molar refractivity (Wildman–Crippen MR) is 82.5 cm³/mol. The Balaban J connectivity index is 1.88. The van der Waals surface area contributed by atoms with Crippen molar-refractivity contribution in [3.8, 4) is 0 Å². The topological polar surface area (TPSA) is 41.9 Å². The Kier molecular flexibility index (Phi) is 4.39. The highest BCUT2D eigenvalue weighted by molar-refractivity contribution is 7.80. The predicted octanol–water partition coefficient (Wildman–Crippen LogP) is 2.87. The van der Waals surface area contributed by atoms with Gasteiger partial charge in [0.25, 0.3) is 0 Å². The molecule has 0 fully saturated rings. The molecule has 1 aromatic carbocycles. The highest BCUT2D eigenvalue weighted by Gasteiger charge is 2.02. The summed E-state index contributed by atoms with van der Waals surface area (Å²) in [7, 11) is 1.92. The standard InChI is InChI=1S/C13H15ClN4S/c1-9-6-12(17-18(9)2)8-15-13(19)16-11-5-3-4-10(14)7-11/h3-7H,8H2,1-2H3,(H2,15,16,19). The number of thiocarbonyl (C=S) groups is 1. The molecule has 0 radical (unpaired) electrons. The van der Waals surface area contributed by atoms with E-state index in [1.54, 1.807) is 0 Å². The average molecular weight is 295 g/mol. The largest absolute Gasteiger partial charge is 0.357 e. The van der Waals surface area contributed by atoms with Gasteiger partial charge in [-0.25, -0.2) is 0 Å². The van der Waals surface area contributed by atoms with Crippen LogP contribution in [0.5, 0.6) is 0 Å². The minimum absolute atomic E-state index is 0.547. The molecule has 2 N–H and O–H groups in total. The number of aromatic nitrogens is 2. The molecule has 4 nitrogen and oxygen atoms in total. The van der Waals surface area contributed by atoms with Crippen molar-refractivity contribution in [2.45, 2.75) is 13.5 Å². The quantitative estimate of drug-likeness (QED) is 0.854. The van der Waals surface area contributed by atoms with Gasteiger partial charge in [0.2, 0.25) is 0 Å². The van der Waals surface area contributed by atoms with E-state index < -0.39 is 0 Å². The molecule has 6 heteroatoms. The molecular weight excluding hydrogens is 280 g/mol. The molecule has 2 aromatic rings. The molecule has 1 aromatic heterocycles. The lowest BCUT2D eigenvalue weighted by Crippen LogP contribution is -2.28. The molecule has 0 unspecified atom stereocenters. The second-order valence-electron chi connectivity index (χ2n) is 4.22. The molecule has 0 saturated heterocycles. The van der Waals surface area contributed by atoms with E-state index in [9.17, 15) is 0 Å². The van der Waals surface area contributed by atoms with Crippen LogP contribution in [0, 0.1) is 6.92 Å². The van der Waals surface area contributed by atoms with Gasteiger partial charge in [0.1, 0.15) is 0 Å².